The van der Waals surface area contributed by atoms with E-state index in [1.165, 1.54) is 24.3 Å². The minimum absolute atomic E-state index is 0.230. The van der Waals surface area contributed by atoms with Crippen LogP contribution in [0.15, 0.2) is 36.4 Å². The third-order valence-corrected chi connectivity index (χ3v) is 4.77. The van der Waals surface area contributed by atoms with Crippen molar-refractivity contribution in [3.8, 4) is 0 Å². The Morgan fingerprint density at radius 2 is 1.81 bits per heavy atom. The normalized spacial score (nSPS) is 15.0. The topological polar surface area (TPSA) is 66.7 Å². The molecule has 8 heteroatoms. The molecule has 1 aliphatic heterocycles. The Labute approximate surface area is 155 Å². The molecule has 0 atom stereocenters. The van der Waals surface area contributed by atoms with Crippen molar-refractivity contribution < 1.29 is 18.5 Å². The minimum atomic E-state index is -0.637. The van der Waals surface area contributed by atoms with Crippen molar-refractivity contribution in [2.75, 3.05) is 26.2 Å². The highest BCUT2D eigenvalue weighted by Gasteiger charge is 2.24. The van der Waals surface area contributed by atoms with Crippen LogP contribution in [-0.4, -0.2) is 46.8 Å². The van der Waals surface area contributed by atoms with E-state index in [0.29, 0.717) is 49.4 Å². The van der Waals surface area contributed by atoms with Crippen molar-refractivity contribution in [3.63, 3.8) is 0 Å². The number of carbonyl (C=O) groups is 1. The van der Waals surface area contributed by atoms with Crippen LogP contribution in [0.25, 0.3) is 0 Å². The van der Waals surface area contributed by atoms with Gasteiger partial charge in [0.25, 0.3) is 11.6 Å². The molecule has 0 unspecified atom stereocenters. The summed E-state index contributed by atoms with van der Waals surface area (Å²) in [7, 11) is 0. The van der Waals surface area contributed by atoms with Gasteiger partial charge in [-0.15, -0.1) is 0 Å². The van der Waals surface area contributed by atoms with Gasteiger partial charge in [0.1, 0.15) is 11.6 Å². The van der Waals surface area contributed by atoms with Gasteiger partial charge in [-0.1, -0.05) is 6.07 Å². The molecule has 0 spiro atoms. The molecule has 0 radical (unpaired) electrons. The number of nitro benzene ring substituents is 1. The molecule has 2 aromatic rings. The van der Waals surface area contributed by atoms with Crippen molar-refractivity contribution in [1.29, 1.82) is 0 Å². The molecule has 3 rings (SSSR count). The summed E-state index contributed by atoms with van der Waals surface area (Å²) in [5.74, 6) is -1.32. The van der Waals surface area contributed by atoms with Crippen molar-refractivity contribution >= 4 is 11.6 Å². The molecule has 0 saturated carbocycles. The van der Waals surface area contributed by atoms with E-state index in [0.717, 1.165) is 6.07 Å². The summed E-state index contributed by atoms with van der Waals surface area (Å²) in [6.07, 6.45) is 0. The van der Waals surface area contributed by atoms with Gasteiger partial charge < -0.3 is 4.90 Å². The fourth-order valence-corrected chi connectivity index (χ4v) is 3.23. The third-order valence-electron chi connectivity index (χ3n) is 4.77. The molecule has 1 heterocycles. The van der Waals surface area contributed by atoms with Gasteiger partial charge in [0.15, 0.2) is 0 Å². The molecular formula is C19H19F2N3O3. The van der Waals surface area contributed by atoms with Crippen LogP contribution in [-0.2, 0) is 6.54 Å². The maximum Gasteiger partial charge on any atom is 0.275 e. The second kappa shape index (κ2) is 7.79. The summed E-state index contributed by atoms with van der Waals surface area (Å²) in [5.41, 5.74) is 1.08. The van der Waals surface area contributed by atoms with Crippen LogP contribution >= 0.6 is 0 Å². The lowest BCUT2D eigenvalue weighted by atomic mass is 10.1. The third kappa shape index (κ3) is 4.28. The number of amides is 1. The molecule has 6 nitrogen and oxygen atoms in total. The minimum Gasteiger partial charge on any atom is -0.336 e. The van der Waals surface area contributed by atoms with E-state index < -0.39 is 16.6 Å². The van der Waals surface area contributed by atoms with Gasteiger partial charge >= 0.3 is 0 Å². The number of piperazine rings is 1. The molecule has 1 aliphatic rings. The number of halogens is 2. The molecule has 1 fully saturated rings. The number of hydrogen-bond donors (Lipinski definition) is 0. The van der Waals surface area contributed by atoms with Crippen LogP contribution in [0, 0.1) is 28.7 Å². The van der Waals surface area contributed by atoms with E-state index in [1.54, 1.807) is 17.9 Å². The SMILES string of the molecule is Cc1c(CN2CCN(C(=O)c3cccc(F)c3)CC2)cc(F)cc1[N+](=O)[O-]. The summed E-state index contributed by atoms with van der Waals surface area (Å²) in [4.78, 5) is 26.6. The molecule has 1 saturated heterocycles. The molecule has 142 valence electrons. The lowest BCUT2D eigenvalue weighted by Crippen LogP contribution is -2.48. The van der Waals surface area contributed by atoms with Crippen molar-refractivity contribution in [2.45, 2.75) is 13.5 Å². The van der Waals surface area contributed by atoms with Crippen LogP contribution in [0.2, 0.25) is 0 Å². The van der Waals surface area contributed by atoms with E-state index in [-0.39, 0.29) is 11.6 Å². The van der Waals surface area contributed by atoms with Gasteiger partial charge in [0, 0.05) is 43.9 Å². The molecule has 0 bridgehead atoms. The van der Waals surface area contributed by atoms with Gasteiger partial charge in [0.05, 0.1) is 11.0 Å². The van der Waals surface area contributed by atoms with Gasteiger partial charge in [-0.05, 0) is 36.8 Å². The van der Waals surface area contributed by atoms with Crippen LogP contribution in [0.3, 0.4) is 0 Å². The van der Waals surface area contributed by atoms with Gasteiger partial charge in [-0.3, -0.25) is 19.8 Å². The van der Waals surface area contributed by atoms with E-state index >= 15 is 0 Å². The molecule has 0 N–H and O–H groups in total. The van der Waals surface area contributed by atoms with Crippen LogP contribution in [0.4, 0.5) is 14.5 Å². The van der Waals surface area contributed by atoms with E-state index in [2.05, 4.69) is 0 Å². The number of hydrogen-bond acceptors (Lipinski definition) is 4. The average Bonchev–Trinajstić information content (AvgIpc) is 2.64. The summed E-state index contributed by atoms with van der Waals surface area (Å²) in [6.45, 7) is 3.97. The van der Waals surface area contributed by atoms with E-state index in [1.807, 2.05) is 4.90 Å². The Morgan fingerprint density at radius 1 is 1.11 bits per heavy atom. The number of benzene rings is 2. The van der Waals surface area contributed by atoms with E-state index in [4.69, 9.17) is 0 Å². The van der Waals surface area contributed by atoms with Crippen LogP contribution in [0.5, 0.6) is 0 Å². The van der Waals surface area contributed by atoms with E-state index in [9.17, 15) is 23.7 Å². The number of carbonyl (C=O) groups excluding carboxylic acids is 1. The average molecular weight is 375 g/mol. The zero-order valence-electron chi connectivity index (χ0n) is 14.8. The fraction of sp³-hybridized carbons (Fsp3) is 0.316. The number of rotatable bonds is 4. The highest BCUT2D eigenvalue weighted by Crippen LogP contribution is 2.25. The maximum absolute atomic E-state index is 13.7. The second-order valence-electron chi connectivity index (χ2n) is 6.54. The first-order valence-electron chi connectivity index (χ1n) is 8.56. The Hall–Kier alpha value is -2.87. The summed E-state index contributed by atoms with van der Waals surface area (Å²) < 4.78 is 27.0. The zero-order chi connectivity index (χ0) is 19.6. The first-order valence-corrected chi connectivity index (χ1v) is 8.56. The first kappa shape index (κ1) is 18.9. The molecule has 2 aromatic carbocycles. The lowest BCUT2D eigenvalue weighted by molar-refractivity contribution is -0.385. The number of nitrogens with zero attached hydrogens (tertiary/aromatic N) is 3. The molecule has 1 amide bonds. The highest BCUT2D eigenvalue weighted by molar-refractivity contribution is 5.94. The second-order valence-corrected chi connectivity index (χ2v) is 6.54. The Bertz CT molecular complexity index is 880. The quantitative estimate of drug-likeness (QED) is 0.608. The first-order chi connectivity index (χ1) is 12.8. The smallest absolute Gasteiger partial charge is 0.275 e. The summed E-state index contributed by atoms with van der Waals surface area (Å²) in [6, 6.07) is 7.81. The molecule has 0 aromatic heterocycles. The van der Waals surface area contributed by atoms with Gasteiger partial charge in [0.2, 0.25) is 0 Å². The largest absolute Gasteiger partial charge is 0.336 e. The molecule has 0 aliphatic carbocycles. The standard InChI is InChI=1S/C19H19F2N3O3/c1-13-15(10-17(21)11-18(13)24(26)27)12-22-5-7-23(8-6-22)19(25)14-3-2-4-16(20)9-14/h2-4,9-11H,5-8,12H2,1H3. The number of nitro groups is 1. The molecular weight excluding hydrogens is 356 g/mol. The van der Waals surface area contributed by atoms with Crippen LogP contribution in [0.1, 0.15) is 21.5 Å². The zero-order valence-corrected chi connectivity index (χ0v) is 14.8. The van der Waals surface area contributed by atoms with Crippen molar-refractivity contribution in [3.05, 3.63) is 74.8 Å². The lowest BCUT2D eigenvalue weighted by Gasteiger charge is -2.35. The fourth-order valence-electron chi connectivity index (χ4n) is 3.23. The summed E-state index contributed by atoms with van der Waals surface area (Å²) in [5, 5.41) is 11.0. The maximum atomic E-state index is 13.7. The Balaban J connectivity index is 1.65. The van der Waals surface area contributed by atoms with Crippen molar-refractivity contribution in [2.24, 2.45) is 0 Å². The summed E-state index contributed by atoms with van der Waals surface area (Å²) >= 11 is 0. The predicted octanol–water partition coefficient (Wildman–Crippen LogP) is 3.14. The molecule has 27 heavy (non-hydrogen) atoms. The monoisotopic (exact) mass is 375 g/mol. The predicted molar refractivity (Wildman–Crippen MR) is 95.4 cm³/mol. The Morgan fingerprint density at radius 3 is 2.44 bits per heavy atom. The van der Waals surface area contributed by atoms with Gasteiger partial charge in [-0.2, -0.15) is 0 Å². The Kier molecular flexibility index (Phi) is 5.46. The van der Waals surface area contributed by atoms with Crippen LogP contribution < -0.4 is 0 Å². The highest BCUT2D eigenvalue weighted by atomic mass is 19.1. The van der Waals surface area contributed by atoms with Gasteiger partial charge in [-0.25, -0.2) is 8.78 Å². The van der Waals surface area contributed by atoms with Crippen molar-refractivity contribution in [1.82, 2.24) is 9.80 Å².